The number of benzene rings is 3. The zero-order chi connectivity index (χ0) is 27.3. The van der Waals surface area contributed by atoms with Gasteiger partial charge >= 0.3 is 0 Å². The molecule has 0 saturated carbocycles. The van der Waals surface area contributed by atoms with Gasteiger partial charge in [-0.15, -0.1) is 0 Å². The normalized spacial score (nSPS) is 12.7. The number of rotatable bonds is 16. The van der Waals surface area contributed by atoms with Crippen molar-refractivity contribution in [2.45, 2.75) is 62.9 Å². The Labute approximate surface area is 235 Å². The van der Waals surface area contributed by atoms with Crippen molar-refractivity contribution >= 4 is 35.5 Å². The zero-order valence-electron chi connectivity index (χ0n) is 22.2. The third-order valence-electron chi connectivity index (χ3n) is 6.66. The van der Waals surface area contributed by atoms with Crippen molar-refractivity contribution in [3.05, 3.63) is 106 Å². The molecule has 0 fully saturated rings. The van der Waals surface area contributed by atoms with Crippen molar-refractivity contribution in [2.75, 3.05) is 11.5 Å². The van der Waals surface area contributed by atoms with Crippen LogP contribution in [0.4, 0.5) is 0 Å². The summed E-state index contributed by atoms with van der Waals surface area (Å²) in [6.45, 7) is 4.12. The van der Waals surface area contributed by atoms with Gasteiger partial charge in [-0.3, -0.25) is 0 Å². The summed E-state index contributed by atoms with van der Waals surface area (Å²) in [7, 11) is 0. The maximum Gasteiger partial charge on any atom is 0.0725 e. The number of carboxylic acid groups (broad SMARTS) is 2. The van der Waals surface area contributed by atoms with E-state index in [-0.39, 0.29) is 21.6 Å². The highest BCUT2D eigenvalue weighted by molar-refractivity contribution is 7.99. The number of thioether (sulfide) groups is 2. The molecule has 3 aromatic rings. The molecule has 2 unspecified atom stereocenters. The monoisotopic (exact) mass is 548 g/mol. The SMILES string of the molecule is CCC(SCCCc1ccccc1)c1ccc(C(=O)[O-])c(C(=O)[O-])c1C(CC)SCCCc1ccccc1. The first-order valence-electron chi connectivity index (χ1n) is 13.4. The predicted molar refractivity (Wildman–Crippen MR) is 156 cm³/mol. The molecule has 0 radical (unpaired) electrons. The van der Waals surface area contributed by atoms with Crippen molar-refractivity contribution in [3.63, 3.8) is 0 Å². The lowest BCUT2D eigenvalue weighted by Gasteiger charge is -2.29. The Hall–Kier alpha value is -2.70. The number of aryl methyl sites for hydroxylation is 2. The first-order chi connectivity index (χ1) is 18.5. The second kappa shape index (κ2) is 15.6. The molecule has 202 valence electrons. The van der Waals surface area contributed by atoms with Crippen molar-refractivity contribution in [2.24, 2.45) is 0 Å². The topological polar surface area (TPSA) is 80.3 Å². The molecule has 0 amide bonds. The van der Waals surface area contributed by atoms with Gasteiger partial charge in [0, 0.05) is 21.6 Å². The van der Waals surface area contributed by atoms with Crippen LogP contribution in [-0.4, -0.2) is 23.4 Å². The average Bonchev–Trinajstić information content (AvgIpc) is 2.93. The molecule has 0 aromatic heterocycles. The van der Waals surface area contributed by atoms with Crippen LogP contribution in [0, 0.1) is 0 Å². The van der Waals surface area contributed by atoms with Crippen molar-refractivity contribution in [1.82, 2.24) is 0 Å². The van der Waals surface area contributed by atoms with E-state index in [4.69, 9.17) is 0 Å². The molecule has 38 heavy (non-hydrogen) atoms. The van der Waals surface area contributed by atoms with Crippen LogP contribution in [0.25, 0.3) is 0 Å². The molecule has 0 N–H and O–H groups in total. The molecule has 3 aromatic carbocycles. The number of aromatic carboxylic acids is 2. The van der Waals surface area contributed by atoms with Crippen LogP contribution in [0.2, 0.25) is 0 Å². The molecule has 0 bridgehead atoms. The Morgan fingerprint density at radius 1 is 0.684 bits per heavy atom. The van der Waals surface area contributed by atoms with Crippen LogP contribution in [0.15, 0.2) is 72.8 Å². The van der Waals surface area contributed by atoms with Gasteiger partial charge in [0.05, 0.1) is 11.9 Å². The Morgan fingerprint density at radius 3 is 1.63 bits per heavy atom. The molecule has 0 aliphatic rings. The summed E-state index contributed by atoms with van der Waals surface area (Å²) in [5.74, 6) is -1.16. The molecule has 0 spiro atoms. The molecule has 4 nitrogen and oxygen atoms in total. The summed E-state index contributed by atoms with van der Waals surface area (Å²) < 4.78 is 0. The molecule has 0 aliphatic heterocycles. The highest BCUT2D eigenvalue weighted by Gasteiger charge is 2.26. The van der Waals surface area contributed by atoms with E-state index >= 15 is 0 Å². The van der Waals surface area contributed by atoms with E-state index in [1.807, 2.05) is 55.1 Å². The minimum absolute atomic E-state index is 0.0636. The summed E-state index contributed by atoms with van der Waals surface area (Å²) >= 11 is 3.51. The van der Waals surface area contributed by atoms with Crippen LogP contribution in [0.5, 0.6) is 0 Å². The molecule has 6 heteroatoms. The number of carbonyl (C=O) groups excluding carboxylic acids is 2. The summed E-state index contributed by atoms with van der Waals surface area (Å²) in [6.07, 6.45) is 5.39. The van der Waals surface area contributed by atoms with Crippen LogP contribution < -0.4 is 10.2 Å². The van der Waals surface area contributed by atoms with E-state index in [0.29, 0.717) is 12.0 Å². The van der Waals surface area contributed by atoms with Gasteiger partial charge in [0.15, 0.2) is 0 Å². The van der Waals surface area contributed by atoms with Gasteiger partial charge < -0.3 is 19.8 Å². The number of hydrogen-bond acceptors (Lipinski definition) is 6. The standard InChI is InChI=1S/C32H38O4S2/c1-3-27(37-21-11-17-23-13-7-5-8-14-23)25-19-20-26(31(33)34)30(32(35)36)29(25)28(4-2)38-22-12-18-24-15-9-6-10-16-24/h5-10,13-16,19-20,27-28H,3-4,11-12,17-18,21-22H2,1-2H3,(H,33,34)(H,35,36)/p-2. The number of hydrogen-bond donors (Lipinski definition) is 0. The first-order valence-corrected chi connectivity index (χ1v) is 15.5. The van der Waals surface area contributed by atoms with Gasteiger partial charge in [-0.25, -0.2) is 0 Å². The molecule has 3 rings (SSSR count). The average molecular weight is 549 g/mol. The summed E-state index contributed by atoms with van der Waals surface area (Å²) in [5.41, 5.74) is 3.57. The Balaban J connectivity index is 1.82. The van der Waals surface area contributed by atoms with Crippen LogP contribution in [0.3, 0.4) is 0 Å². The van der Waals surface area contributed by atoms with E-state index in [9.17, 15) is 19.8 Å². The maximum atomic E-state index is 12.3. The lowest BCUT2D eigenvalue weighted by molar-refractivity contribution is -0.259. The second-order valence-corrected chi connectivity index (χ2v) is 11.9. The van der Waals surface area contributed by atoms with Crippen molar-refractivity contribution < 1.29 is 19.8 Å². The van der Waals surface area contributed by atoms with E-state index in [1.165, 1.54) is 17.2 Å². The molecule has 0 heterocycles. The van der Waals surface area contributed by atoms with E-state index < -0.39 is 11.9 Å². The molecular weight excluding hydrogens is 512 g/mol. The van der Waals surface area contributed by atoms with Gasteiger partial charge in [-0.2, -0.15) is 23.5 Å². The summed E-state index contributed by atoms with van der Waals surface area (Å²) in [4.78, 5) is 24.2. The van der Waals surface area contributed by atoms with Gasteiger partial charge in [0.25, 0.3) is 0 Å². The second-order valence-electron chi connectivity index (χ2n) is 9.28. The number of carbonyl (C=O) groups is 2. The van der Waals surface area contributed by atoms with Crippen LogP contribution >= 0.6 is 23.5 Å². The van der Waals surface area contributed by atoms with Crippen molar-refractivity contribution in [3.8, 4) is 0 Å². The largest absolute Gasteiger partial charge is 0.545 e. The molecular formula is C32H36O4S2-2. The van der Waals surface area contributed by atoms with Gasteiger partial charge in [0.1, 0.15) is 0 Å². The minimum atomic E-state index is -1.48. The van der Waals surface area contributed by atoms with E-state index in [0.717, 1.165) is 49.2 Å². The Kier molecular flexibility index (Phi) is 12.3. The molecule has 2 atom stereocenters. The lowest BCUT2D eigenvalue weighted by atomic mass is 9.90. The smallest absolute Gasteiger partial charge is 0.0725 e. The molecule has 0 saturated heterocycles. The molecule has 0 aliphatic carbocycles. The van der Waals surface area contributed by atoms with E-state index in [1.54, 1.807) is 17.8 Å². The first kappa shape index (κ1) is 29.9. The highest BCUT2D eigenvalue weighted by Crippen LogP contribution is 2.44. The van der Waals surface area contributed by atoms with Gasteiger partial charge in [0.2, 0.25) is 0 Å². The predicted octanol–water partition coefficient (Wildman–Crippen LogP) is 6.05. The zero-order valence-corrected chi connectivity index (χ0v) is 23.8. The maximum absolute atomic E-state index is 12.3. The Morgan fingerprint density at radius 2 is 1.18 bits per heavy atom. The van der Waals surface area contributed by atoms with E-state index in [2.05, 4.69) is 31.2 Å². The minimum Gasteiger partial charge on any atom is -0.545 e. The fraction of sp³-hybridized carbons (Fsp3) is 0.375. The third-order valence-corrected chi connectivity index (χ3v) is 9.67. The fourth-order valence-electron chi connectivity index (χ4n) is 4.78. The quantitative estimate of drug-likeness (QED) is 0.203. The van der Waals surface area contributed by atoms with Gasteiger partial charge in [-0.05, 0) is 72.3 Å². The van der Waals surface area contributed by atoms with Crippen LogP contribution in [-0.2, 0) is 12.8 Å². The Bertz CT molecular complexity index is 1160. The summed E-state index contributed by atoms with van der Waals surface area (Å²) in [6, 6.07) is 23.8. The summed E-state index contributed by atoms with van der Waals surface area (Å²) in [5, 5.41) is 24.2. The third kappa shape index (κ3) is 8.40. The van der Waals surface area contributed by atoms with Crippen molar-refractivity contribution in [1.29, 1.82) is 0 Å². The number of carboxylic acids is 2. The van der Waals surface area contributed by atoms with Gasteiger partial charge in [-0.1, -0.05) is 86.6 Å². The lowest BCUT2D eigenvalue weighted by Crippen LogP contribution is -2.32. The van der Waals surface area contributed by atoms with Crippen LogP contribution in [0.1, 0.15) is 93.0 Å². The fourth-order valence-corrected chi connectivity index (χ4v) is 7.25. The highest BCUT2D eigenvalue weighted by atomic mass is 32.2.